The molecule has 0 saturated carbocycles. The summed E-state index contributed by atoms with van der Waals surface area (Å²) in [6.45, 7) is 2.86. The quantitative estimate of drug-likeness (QED) is 0.234. The van der Waals surface area contributed by atoms with Crippen LogP contribution in [0.2, 0.25) is 0 Å². The van der Waals surface area contributed by atoms with Gasteiger partial charge in [0.25, 0.3) is 0 Å². The minimum Gasteiger partial charge on any atom is -0.466 e. The van der Waals surface area contributed by atoms with Crippen LogP contribution in [0, 0.1) is 0 Å². The molecule has 0 heterocycles. The van der Waals surface area contributed by atoms with Crippen molar-refractivity contribution < 1.29 is 9.53 Å². The van der Waals surface area contributed by atoms with E-state index in [1.807, 2.05) is 0 Å². The normalized spacial score (nSPS) is 10.6. The van der Waals surface area contributed by atoms with E-state index in [1.54, 1.807) is 0 Å². The molecule has 0 bridgehead atoms. The Morgan fingerprint density at radius 1 is 0.842 bits per heavy atom. The van der Waals surface area contributed by atoms with E-state index in [2.05, 4.69) is 22.9 Å². The van der Waals surface area contributed by atoms with E-state index in [0.29, 0.717) is 13.0 Å². The molecular formula is C16H31BrO2. The van der Waals surface area contributed by atoms with Crippen LogP contribution in [0.4, 0.5) is 0 Å². The van der Waals surface area contributed by atoms with Gasteiger partial charge in [0.05, 0.1) is 6.61 Å². The highest BCUT2D eigenvalue weighted by Crippen LogP contribution is 2.09. The predicted octanol–water partition coefficient (Wildman–Crippen LogP) is 5.63. The van der Waals surface area contributed by atoms with Gasteiger partial charge in [0, 0.05) is 11.8 Å². The summed E-state index contributed by atoms with van der Waals surface area (Å²) in [6.07, 6.45) is 14.1. The van der Waals surface area contributed by atoms with Gasteiger partial charge in [-0.05, 0) is 19.3 Å². The Bertz CT molecular complexity index is 195. The number of esters is 1. The summed E-state index contributed by atoms with van der Waals surface area (Å²) in [5, 5.41) is 1.03. The lowest BCUT2D eigenvalue weighted by atomic mass is 10.1. The molecule has 0 aromatic rings. The number of rotatable bonds is 14. The van der Waals surface area contributed by atoms with Crippen LogP contribution in [0.15, 0.2) is 0 Å². The van der Waals surface area contributed by atoms with Gasteiger partial charge in [-0.2, -0.15) is 0 Å². The van der Waals surface area contributed by atoms with Crippen molar-refractivity contribution in [2.45, 2.75) is 84.0 Å². The zero-order valence-corrected chi connectivity index (χ0v) is 14.2. The van der Waals surface area contributed by atoms with Gasteiger partial charge in [0.2, 0.25) is 0 Å². The van der Waals surface area contributed by atoms with Crippen LogP contribution >= 0.6 is 15.9 Å². The summed E-state index contributed by atoms with van der Waals surface area (Å²) in [5.74, 6) is -0.0162. The SMILES string of the molecule is CCCCCCCCCCOC(=O)CCCCCBr. The van der Waals surface area contributed by atoms with E-state index >= 15 is 0 Å². The Morgan fingerprint density at radius 2 is 1.42 bits per heavy atom. The van der Waals surface area contributed by atoms with E-state index in [4.69, 9.17) is 4.74 Å². The number of halogens is 1. The summed E-state index contributed by atoms with van der Waals surface area (Å²) in [5.41, 5.74) is 0. The van der Waals surface area contributed by atoms with Gasteiger partial charge in [-0.3, -0.25) is 4.79 Å². The van der Waals surface area contributed by atoms with Crippen molar-refractivity contribution in [1.29, 1.82) is 0 Å². The maximum Gasteiger partial charge on any atom is 0.305 e. The topological polar surface area (TPSA) is 26.3 Å². The molecule has 2 nitrogen and oxygen atoms in total. The van der Waals surface area contributed by atoms with Crippen molar-refractivity contribution in [2.24, 2.45) is 0 Å². The summed E-state index contributed by atoms with van der Waals surface area (Å²) in [4.78, 5) is 11.4. The van der Waals surface area contributed by atoms with Crippen LogP contribution in [-0.2, 0) is 9.53 Å². The number of unbranched alkanes of at least 4 members (excludes halogenated alkanes) is 9. The zero-order chi connectivity index (χ0) is 14.2. The van der Waals surface area contributed by atoms with Gasteiger partial charge in [0.15, 0.2) is 0 Å². The third-order valence-electron chi connectivity index (χ3n) is 3.28. The lowest BCUT2D eigenvalue weighted by Crippen LogP contribution is -2.05. The predicted molar refractivity (Wildman–Crippen MR) is 85.8 cm³/mol. The summed E-state index contributed by atoms with van der Waals surface area (Å²) in [6, 6.07) is 0. The molecule has 0 aromatic carbocycles. The van der Waals surface area contributed by atoms with Gasteiger partial charge in [0.1, 0.15) is 0 Å². The number of hydrogen-bond donors (Lipinski definition) is 0. The van der Waals surface area contributed by atoms with Crippen molar-refractivity contribution in [1.82, 2.24) is 0 Å². The van der Waals surface area contributed by atoms with Gasteiger partial charge < -0.3 is 4.74 Å². The van der Waals surface area contributed by atoms with Crippen LogP contribution < -0.4 is 0 Å². The van der Waals surface area contributed by atoms with Crippen LogP contribution in [-0.4, -0.2) is 17.9 Å². The smallest absolute Gasteiger partial charge is 0.305 e. The number of carbonyl (C=O) groups is 1. The molecule has 114 valence electrons. The third kappa shape index (κ3) is 15.9. The van der Waals surface area contributed by atoms with Gasteiger partial charge in [-0.1, -0.05) is 74.2 Å². The highest BCUT2D eigenvalue weighted by atomic mass is 79.9. The monoisotopic (exact) mass is 334 g/mol. The molecule has 0 N–H and O–H groups in total. The second-order valence-corrected chi connectivity index (χ2v) is 5.99. The van der Waals surface area contributed by atoms with Crippen LogP contribution in [0.5, 0.6) is 0 Å². The molecule has 0 aliphatic carbocycles. The first-order valence-electron chi connectivity index (χ1n) is 8.02. The first-order valence-corrected chi connectivity index (χ1v) is 9.15. The Hall–Kier alpha value is -0.0500. The first-order chi connectivity index (χ1) is 9.31. The number of ether oxygens (including phenoxy) is 1. The van der Waals surface area contributed by atoms with Gasteiger partial charge in [-0.25, -0.2) is 0 Å². The average Bonchev–Trinajstić information content (AvgIpc) is 2.42. The lowest BCUT2D eigenvalue weighted by Gasteiger charge is -2.05. The molecule has 0 atom stereocenters. The Labute approximate surface area is 127 Å². The van der Waals surface area contributed by atoms with Crippen molar-refractivity contribution >= 4 is 21.9 Å². The fraction of sp³-hybridized carbons (Fsp3) is 0.938. The van der Waals surface area contributed by atoms with Crippen molar-refractivity contribution in [3.63, 3.8) is 0 Å². The Kier molecular flexibility index (Phi) is 16.0. The molecule has 0 unspecified atom stereocenters. The first kappa shape index (κ1) is 18.9. The van der Waals surface area contributed by atoms with E-state index in [1.165, 1.54) is 44.9 Å². The molecule has 0 fully saturated rings. The van der Waals surface area contributed by atoms with E-state index < -0.39 is 0 Å². The summed E-state index contributed by atoms with van der Waals surface area (Å²) in [7, 11) is 0. The van der Waals surface area contributed by atoms with Crippen LogP contribution in [0.25, 0.3) is 0 Å². The molecule has 0 aliphatic heterocycles. The van der Waals surface area contributed by atoms with E-state index in [-0.39, 0.29) is 5.97 Å². The molecule has 0 amide bonds. The number of alkyl halides is 1. The van der Waals surface area contributed by atoms with Crippen molar-refractivity contribution in [2.75, 3.05) is 11.9 Å². The largest absolute Gasteiger partial charge is 0.466 e. The lowest BCUT2D eigenvalue weighted by molar-refractivity contribution is -0.143. The molecule has 0 radical (unpaired) electrons. The van der Waals surface area contributed by atoms with Gasteiger partial charge in [-0.15, -0.1) is 0 Å². The van der Waals surface area contributed by atoms with Crippen LogP contribution in [0.3, 0.4) is 0 Å². The second kappa shape index (κ2) is 16.0. The molecule has 0 aromatic heterocycles. The highest BCUT2D eigenvalue weighted by molar-refractivity contribution is 9.09. The molecule has 0 rings (SSSR count). The molecule has 19 heavy (non-hydrogen) atoms. The Morgan fingerprint density at radius 3 is 2.05 bits per heavy atom. The fourth-order valence-electron chi connectivity index (χ4n) is 2.03. The average molecular weight is 335 g/mol. The molecule has 0 spiro atoms. The highest BCUT2D eigenvalue weighted by Gasteiger charge is 2.01. The van der Waals surface area contributed by atoms with Crippen LogP contribution in [0.1, 0.15) is 84.0 Å². The zero-order valence-electron chi connectivity index (χ0n) is 12.6. The minimum absolute atomic E-state index is 0.0162. The number of hydrogen-bond acceptors (Lipinski definition) is 2. The third-order valence-corrected chi connectivity index (χ3v) is 3.84. The fourth-order valence-corrected chi connectivity index (χ4v) is 2.43. The molecular weight excluding hydrogens is 304 g/mol. The Balaban J connectivity index is 3.10. The summed E-state index contributed by atoms with van der Waals surface area (Å²) < 4.78 is 5.22. The molecule has 0 aliphatic rings. The molecule has 3 heteroatoms. The number of carbonyl (C=O) groups excluding carboxylic acids is 1. The maximum absolute atomic E-state index is 11.4. The van der Waals surface area contributed by atoms with Crippen molar-refractivity contribution in [3.8, 4) is 0 Å². The summed E-state index contributed by atoms with van der Waals surface area (Å²) >= 11 is 3.39. The maximum atomic E-state index is 11.4. The van der Waals surface area contributed by atoms with Gasteiger partial charge >= 0.3 is 5.97 Å². The molecule has 0 saturated heterocycles. The second-order valence-electron chi connectivity index (χ2n) is 5.19. The standard InChI is InChI=1S/C16H31BrO2/c1-2-3-4-5-6-7-8-12-15-19-16(18)13-10-9-11-14-17/h2-15H2,1H3. The van der Waals surface area contributed by atoms with E-state index in [9.17, 15) is 4.79 Å². The minimum atomic E-state index is -0.0162. The van der Waals surface area contributed by atoms with Crippen molar-refractivity contribution in [3.05, 3.63) is 0 Å². The van der Waals surface area contributed by atoms with E-state index in [0.717, 1.165) is 31.0 Å².